The van der Waals surface area contributed by atoms with Crippen molar-refractivity contribution in [1.82, 2.24) is 9.97 Å². The summed E-state index contributed by atoms with van der Waals surface area (Å²) in [5.74, 6) is 2.10. The molecule has 0 saturated heterocycles. The number of rotatable bonds is 2. The first-order chi connectivity index (χ1) is 8.36. The van der Waals surface area contributed by atoms with Crippen molar-refractivity contribution in [3.05, 3.63) is 47.5 Å². The number of hydrogen-bond acceptors (Lipinski definition) is 3. The Morgan fingerprint density at radius 2 is 2.29 bits per heavy atom. The number of hydrogen-bond donors (Lipinski definition) is 2. The molecule has 1 aromatic heterocycles. The number of para-hydroxylation sites is 1. The van der Waals surface area contributed by atoms with Gasteiger partial charge in [-0.25, -0.2) is 4.98 Å². The molecule has 2 aromatic rings. The molecule has 2 heterocycles. The van der Waals surface area contributed by atoms with E-state index in [1.165, 1.54) is 5.56 Å². The van der Waals surface area contributed by atoms with Gasteiger partial charge in [0.2, 0.25) is 0 Å². The van der Waals surface area contributed by atoms with Crippen molar-refractivity contribution < 1.29 is 9.84 Å². The molecule has 4 nitrogen and oxygen atoms in total. The second-order valence-electron chi connectivity index (χ2n) is 4.27. The molecule has 2 N–H and O–H groups in total. The number of imidazole rings is 1. The van der Waals surface area contributed by atoms with Crippen LogP contribution in [0.3, 0.4) is 0 Å². The second kappa shape index (κ2) is 4.22. The molecule has 1 unspecified atom stereocenters. The summed E-state index contributed by atoms with van der Waals surface area (Å²) in [7, 11) is 0. The van der Waals surface area contributed by atoms with Gasteiger partial charge in [0.1, 0.15) is 11.6 Å². The fourth-order valence-corrected chi connectivity index (χ4v) is 2.17. The van der Waals surface area contributed by atoms with Crippen molar-refractivity contribution in [3.8, 4) is 5.75 Å². The summed E-state index contributed by atoms with van der Waals surface area (Å²) in [5, 5.41) is 9.00. The average molecular weight is 230 g/mol. The Hall–Kier alpha value is -1.81. The standard InChI is InChI=1S/C13H14N2O2/c16-7-11-6-14-13(15-11)10-5-9-3-1-2-4-12(9)17-8-10/h1-4,6,10,16H,5,7-8H2,(H,14,15). The predicted octanol–water partition coefficient (Wildman–Crippen LogP) is 1.62. The minimum atomic E-state index is -0.00281. The van der Waals surface area contributed by atoms with Crippen molar-refractivity contribution in [2.75, 3.05) is 6.61 Å². The Kier molecular flexibility index (Phi) is 2.57. The Morgan fingerprint density at radius 1 is 1.41 bits per heavy atom. The SMILES string of the molecule is OCc1cnc(C2COc3ccccc3C2)[nH]1. The topological polar surface area (TPSA) is 58.1 Å². The third kappa shape index (κ3) is 1.91. The zero-order chi connectivity index (χ0) is 11.7. The van der Waals surface area contributed by atoms with Gasteiger partial charge in [-0.05, 0) is 18.1 Å². The number of aliphatic hydroxyl groups is 1. The van der Waals surface area contributed by atoms with E-state index < -0.39 is 0 Å². The first kappa shape index (κ1) is 10.4. The highest BCUT2D eigenvalue weighted by Gasteiger charge is 2.23. The molecule has 3 rings (SSSR count). The number of aliphatic hydroxyl groups excluding tert-OH is 1. The number of nitrogens with zero attached hydrogens (tertiary/aromatic N) is 1. The van der Waals surface area contributed by atoms with Gasteiger partial charge in [0.15, 0.2) is 0 Å². The van der Waals surface area contributed by atoms with Crippen LogP contribution in [-0.4, -0.2) is 21.7 Å². The molecule has 0 spiro atoms. The fraction of sp³-hybridized carbons (Fsp3) is 0.308. The molecule has 1 aromatic carbocycles. The van der Waals surface area contributed by atoms with Crippen molar-refractivity contribution in [3.63, 3.8) is 0 Å². The van der Waals surface area contributed by atoms with E-state index in [4.69, 9.17) is 9.84 Å². The molecule has 0 aliphatic carbocycles. The van der Waals surface area contributed by atoms with Gasteiger partial charge in [0.05, 0.1) is 31.0 Å². The predicted molar refractivity (Wildman–Crippen MR) is 62.9 cm³/mol. The monoisotopic (exact) mass is 230 g/mol. The molecule has 1 aliphatic heterocycles. The quantitative estimate of drug-likeness (QED) is 0.824. The lowest BCUT2D eigenvalue weighted by molar-refractivity contribution is 0.256. The Labute approximate surface area is 99.3 Å². The smallest absolute Gasteiger partial charge is 0.122 e. The number of H-pyrrole nitrogens is 1. The van der Waals surface area contributed by atoms with E-state index in [0.717, 1.165) is 23.7 Å². The maximum absolute atomic E-state index is 9.00. The van der Waals surface area contributed by atoms with Crippen molar-refractivity contribution in [1.29, 1.82) is 0 Å². The van der Waals surface area contributed by atoms with Crippen LogP contribution < -0.4 is 4.74 Å². The van der Waals surface area contributed by atoms with Gasteiger partial charge in [-0.15, -0.1) is 0 Å². The lowest BCUT2D eigenvalue weighted by atomic mass is 9.96. The number of ether oxygens (including phenoxy) is 1. The summed E-state index contributed by atoms with van der Waals surface area (Å²) in [6.45, 7) is 0.632. The number of aromatic amines is 1. The minimum absolute atomic E-state index is 0.00281. The van der Waals surface area contributed by atoms with Gasteiger partial charge in [-0.3, -0.25) is 0 Å². The molecular formula is C13H14N2O2. The number of benzene rings is 1. The fourth-order valence-electron chi connectivity index (χ4n) is 2.17. The zero-order valence-electron chi connectivity index (χ0n) is 9.39. The third-order valence-corrected chi connectivity index (χ3v) is 3.08. The van der Waals surface area contributed by atoms with Gasteiger partial charge in [-0.1, -0.05) is 18.2 Å². The normalized spacial score (nSPS) is 18.5. The lowest BCUT2D eigenvalue weighted by Gasteiger charge is -2.23. The van der Waals surface area contributed by atoms with Crippen LogP contribution in [0.1, 0.15) is 23.0 Å². The molecule has 0 saturated carbocycles. The minimum Gasteiger partial charge on any atom is -0.493 e. The van der Waals surface area contributed by atoms with Gasteiger partial charge in [0, 0.05) is 0 Å². The van der Waals surface area contributed by atoms with Crippen LogP contribution in [0.25, 0.3) is 0 Å². The van der Waals surface area contributed by atoms with E-state index >= 15 is 0 Å². The summed E-state index contributed by atoms with van der Waals surface area (Å²) in [5.41, 5.74) is 1.96. The van der Waals surface area contributed by atoms with Gasteiger partial charge >= 0.3 is 0 Å². The van der Waals surface area contributed by atoms with Gasteiger partial charge in [-0.2, -0.15) is 0 Å². The first-order valence-corrected chi connectivity index (χ1v) is 5.72. The summed E-state index contributed by atoms with van der Waals surface area (Å²) in [6, 6.07) is 8.08. The summed E-state index contributed by atoms with van der Waals surface area (Å²) in [4.78, 5) is 7.41. The second-order valence-corrected chi connectivity index (χ2v) is 4.27. The molecule has 4 heteroatoms. The van der Waals surface area contributed by atoms with Crippen LogP contribution in [0.2, 0.25) is 0 Å². The summed E-state index contributed by atoms with van der Waals surface area (Å²) >= 11 is 0. The van der Waals surface area contributed by atoms with Gasteiger partial charge in [0.25, 0.3) is 0 Å². The van der Waals surface area contributed by atoms with Crippen LogP contribution in [-0.2, 0) is 13.0 Å². The molecule has 1 atom stereocenters. The number of fused-ring (bicyclic) bond motifs is 1. The summed E-state index contributed by atoms with van der Waals surface area (Å²) in [6.07, 6.45) is 2.60. The number of nitrogens with one attached hydrogen (secondary N) is 1. The van der Waals surface area contributed by atoms with Crippen LogP contribution in [0.5, 0.6) is 5.75 Å². The molecule has 0 bridgehead atoms. The Morgan fingerprint density at radius 3 is 3.12 bits per heavy atom. The highest BCUT2D eigenvalue weighted by Crippen LogP contribution is 2.30. The largest absolute Gasteiger partial charge is 0.493 e. The molecule has 0 fully saturated rings. The van der Waals surface area contributed by atoms with Crippen molar-refractivity contribution in [2.45, 2.75) is 18.9 Å². The maximum atomic E-state index is 9.00. The van der Waals surface area contributed by atoms with Crippen LogP contribution in [0, 0.1) is 0 Å². The first-order valence-electron chi connectivity index (χ1n) is 5.72. The highest BCUT2D eigenvalue weighted by atomic mass is 16.5. The molecule has 17 heavy (non-hydrogen) atoms. The Balaban J connectivity index is 1.84. The molecule has 0 amide bonds. The zero-order valence-corrected chi connectivity index (χ0v) is 9.39. The summed E-state index contributed by atoms with van der Waals surface area (Å²) < 4.78 is 5.71. The van der Waals surface area contributed by atoms with E-state index in [1.54, 1.807) is 6.20 Å². The van der Waals surface area contributed by atoms with Crippen LogP contribution in [0.15, 0.2) is 30.5 Å². The number of aromatic nitrogens is 2. The van der Waals surface area contributed by atoms with Crippen LogP contribution >= 0.6 is 0 Å². The van der Waals surface area contributed by atoms with Crippen LogP contribution in [0.4, 0.5) is 0 Å². The average Bonchev–Trinajstić information content (AvgIpc) is 2.87. The van der Waals surface area contributed by atoms with E-state index in [9.17, 15) is 0 Å². The molecule has 1 aliphatic rings. The van der Waals surface area contributed by atoms with E-state index in [0.29, 0.717) is 6.61 Å². The van der Waals surface area contributed by atoms with Crippen molar-refractivity contribution in [2.24, 2.45) is 0 Å². The van der Waals surface area contributed by atoms with Crippen molar-refractivity contribution >= 4 is 0 Å². The Bertz CT molecular complexity index is 522. The van der Waals surface area contributed by atoms with Gasteiger partial charge < -0.3 is 14.8 Å². The molecule has 0 radical (unpaired) electrons. The maximum Gasteiger partial charge on any atom is 0.122 e. The molecular weight excluding hydrogens is 216 g/mol. The molecule has 88 valence electrons. The van der Waals surface area contributed by atoms with E-state index in [2.05, 4.69) is 16.0 Å². The third-order valence-electron chi connectivity index (χ3n) is 3.08. The van der Waals surface area contributed by atoms with E-state index in [-0.39, 0.29) is 12.5 Å². The van der Waals surface area contributed by atoms with E-state index in [1.807, 2.05) is 18.2 Å². The highest BCUT2D eigenvalue weighted by molar-refractivity contribution is 5.36. The lowest BCUT2D eigenvalue weighted by Crippen LogP contribution is -2.20.